The lowest BCUT2D eigenvalue weighted by molar-refractivity contribution is -0.151. The van der Waals surface area contributed by atoms with Crippen LogP contribution in [0.5, 0.6) is 0 Å². The Kier molecular flexibility index (Phi) is 6.25. The highest BCUT2D eigenvalue weighted by atomic mass is 19.3. The van der Waals surface area contributed by atoms with E-state index in [1.54, 1.807) is 4.90 Å². The molecule has 0 aromatic heterocycles. The van der Waals surface area contributed by atoms with Crippen LogP contribution in [0.1, 0.15) is 34.1 Å². The molecule has 1 aliphatic rings. The maximum Gasteiger partial charge on any atom is 0.319 e. The standard InChI is InChI=1S/C14H26F4N2/c1-5-10(4)11-7-20(8-14(17,18)13(15)16)12(6-19-11)9(2)3/h9-13,19H,5-8H2,1-4H3. The van der Waals surface area contributed by atoms with Gasteiger partial charge in [0, 0.05) is 25.2 Å². The minimum Gasteiger partial charge on any atom is -0.311 e. The van der Waals surface area contributed by atoms with Crippen LogP contribution in [0.15, 0.2) is 0 Å². The van der Waals surface area contributed by atoms with Crippen molar-refractivity contribution in [1.82, 2.24) is 10.2 Å². The van der Waals surface area contributed by atoms with Gasteiger partial charge in [0.2, 0.25) is 0 Å². The normalized spacial score (nSPS) is 27.3. The van der Waals surface area contributed by atoms with Gasteiger partial charge < -0.3 is 5.32 Å². The van der Waals surface area contributed by atoms with Crippen LogP contribution in [-0.2, 0) is 0 Å². The van der Waals surface area contributed by atoms with Crippen LogP contribution in [-0.4, -0.2) is 49.0 Å². The SMILES string of the molecule is CCC(C)C1CN(CC(F)(F)C(F)F)C(C(C)C)CN1. The molecule has 1 heterocycles. The molecule has 0 bridgehead atoms. The van der Waals surface area contributed by atoms with Crippen molar-refractivity contribution in [2.45, 2.75) is 58.5 Å². The lowest BCUT2D eigenvalue weighted by Crippen LogP contribution is -2.62. The maximum absolute atomic E-state index is 13.4. The summed E-state index contributed by atoms with van der Waals surface area (Å²) >= 11 is 0. The molecular formula is C14H26F4N2. The molecule has 3 unspecified atom stereocenters. The summed E-state index contributed by atoms with van der Waals surface area (Å²) in [4.78, 5) is 1.55. The zero-order chi connectivity index (χ0) is 15.5. The Balaban J connectivity index is 2.78. The highest BCUT2D eigenvalue weighted by Crippen LogP contribution is 2.28. The number of hydrogen-bond acceptors (Lipinski definition) is 2. The molecular weight excluding hydrogens is 272 g/mol. The fourth-order valence-corrected chi connectivity index (χ4v) is 2.70. The predicted molar refractivity (Wildman–Crippen MR) is 72.4 cm³/mol. The van der Waals surface area contributed by atoms with Crippen molar-refractivity contribution in [1.29, 1.82) is 0 Å². The predicted octanol–water partition coefficient (Wildman–Crippen LogP) is 3.23. The third-order valence-corrected chi connectivity index (χ3v) is 4.32. The molecule has 0 spiro atoms. The molecule has 1 aliphatic heterocycles. The Labute approximate surface area is 118 Å². The van der Waals surface area contributed by atoms with Crippen LogP contribution in [0.25, 0.3) is 0 Å². The van der Waals surface area contributed by atoms with Gasteiger partial charge in [-0.25, -0.2) is 8.78 Å². The van der Waals surface area contributed by atoms with E-state index in [2.05, 4.69) is 12.2 Å². The zero-order valence-electron chi connectivity index (χ0n) is 12.7. The summed E-state index contributed by atoms with van der Waals surface area (Å²) in [5.41, 5.74) is 0. The van der Waals surface area contributed by atoms with Crippen LogP contribution in [0.2, 0.25) is 0 Å². The van der Waals surface area contributed by atoms with Crippen LogP contribution in [0, 0.1) is 11.8 Å². The van der Waals surface area contributed by atoms with Gasteiger partial charge in [-0.15, -0.1) is 0 Å². The van der Waals surface area contributed by atoms with E-state index in [1.165, 1.54) is 0 Å². The van der Waals surface area contributed by atoms with Gasteiger partial charge in [0.1, 0.15) is 0 Å². The maximum atomic E-state index is 13.4. The molecule has 2 nitrogen and oxygen atoms in total. The molecule has 0 saturated carbocycles. The molecule has 0 aromatic rings. The van der Waals surface area contributed by atoms with Crippen LogP contribution < -0.4 is 5.32 Å². The average molecular weight is 298 g/mol. The molecule has 1 N–H and O–H groups in total. The van der Waals surface area contributed by atoms with Crippen LogP contribution in [0.3, 0.4) is 0 Å². The van der Waals surface area contributed by atoms with E-state index in [9.17, 15) is 17.6 Å². The van der Waals surface area contributed by atoms with Gasteiger partial charge in [0.15, 0.2) is 0 Å². The minimum absolute atomic E-state index is 0.0865. The first-order valence-electron chi connectivity index (χ1n) is 7.32. The number of alkyl halides is 4. The summed E-state index contributed by atoms with van der Waals surface area (Å²) in [5.74, 6) is -3.45. The Bertz CT molecular complexity index is 297. The van der Waals surface area contributed by atoms with Gasteiger partial charge in [-0.2, -0.15) is 8.78 Å². The van der Waals surface area contributed by atoms with Crippen molar-refractivity contribution < 1.29 is 17.6 Å². The fraction of sp³-hybridized carbons (Fsp3) is 1.00. The molecule has 0 radical (unpaired) electrons. The number of nitrogens with one attached hydrogen (secondary N) is 1. The average Bonchev–Trinajstić information content (AvgIpc) is 2.36. The number of halogens is 4. The van der Waals surface area contributed by atoms with E-state index in [-0.39, 0.29) is 18.0 Å². The number of piperazine rings is 1. The third-order valence-electron chi connectivity index (χ3n) is 4.32. The Morgan fingerprint density at radius 2 is 1.85 bits per heavy atom. The summed E-state index contributed by atoms with van der Waals surface area (Å²) in [5, 5.41) is 3.37. The quantitative estimate of drug-likeness (QED) is 0.757. The first-order valence-corrected chi connectivity index (χ1v) is 7.32. The first-order chi connectivity index (χ1) is 9.19. The molecule has 120 valence electrons. The number of hydrogen-bond donors (Lipinski definition) is 1. The lowest BCUT2D eigenvalue weighted by Gasteiger charge is -2.45. The summed E-state index contributed by atoms with van der Waals surface area (Å²) in [6, 6.07) is -0.0385. The van der Waals surface area contributed by atoms with Gasteiger partial charge in [-0.1, -0.05) is 34.1 Å². The van der Waals surface area contributed by atoms with Crippen molar-refractivity contribution in [3.05, 3.63) is 0 Å². The third kappa shape index (κ3) is 4.32. The van der Waals surface area contributed by atoms with E-state index in [4.69, 9.17) is 0 Å². The molecule has 0 amide bonds. The van der Waals surface area contributed by atoms with E-state index in [1.807, 2.05) is 20.8 Å². The van der Waals surface area contributed by atoms with Gasteiger partial charge in [0.25, 0.3) is 0 Å². The summed E-state index contributed by atoms with van der Waals surface area (Å²) in [6.07, 6.45) is -2.67. The van der Waals surface area contributed by atoms with E-state index >= 15 is 0 Å². The van der Waals surface area contributed by atoms with Crippen LogP contribution >= 0.6 is 0 Å². The van der Waals surface area contributed by atoms with Gasteiger partial charge in [0.05, 0.1) is 6.54 Å². The molecule has 0 aromatic carbocycles. The first kappa shape index (κ1) is 17.7. The fourth-order valence-electron chi connectivity index (χ4n) is 2.70. The van der Waals surface area contributed by atoms with Gasteiger partial charge in [-0.05, 0) is 11.8 Å². The second-order valence-corrected chi connectivity index (χ2v) is 6.20. The minimum atomic E-state index is -3.94. The van der Waals surface area contributed by atoms with E-state index in [0.717, 1.165) is 6.42 Å². The van der Waals surface area contributed by atoms with Crippen molar-refractivity contribution in [2.75, 3.05) is 19.6 Å². The number of rotatable bonds is 6. The Morgan fingerprint density at radius 3 is 2.30 bits per heavy atom. The second-order valence-electron chi connectivity index (χ2n) is 6.20. The van der Waals surface area contributed by atoms with Crippen molar-refractivity contribution >= 4 is 0 Å². The van der Waals surface area contributed by atoms with E-state index < -0.39 is 18.9 Å². The second kappa shape index (κ2) is 7.07. The largest absolute Gasteiger partial charge is 0.319 e. The van der Waals surface area contributed by atoms with Crippen molar-refractivity contribution in [3.63, 3.8) is 0 Å². The van der Waals surface area contributed by atoms with Gasteiger partial charge >= 0.3 is 12.3 Å². The molecule has 1 fully saturated rings. The molecule has 1 saturated heterocycles. The Morgan fingerprint density at radius 1 is 1.25 bits per heavy atom. The summed E-state index contributed by atoms with van der Waals surface area (Å²) in [6.45, 7) is 8.08. The molecule has 0 aliphatic carbocycles. The molecule has 20 heavy (non-hydrogen) atoms. The van der Waals surface area contributed by atoms with Crippen molar-refractivity contribution in [3.8, 4) is 0 Å². The zero-order valence-corrected chi connectivity index (χ0v) is 12.7. The van der Waals surface area contributed by atoms with Crippen LogP contribution in [0.4, 0.5) is 17.6 Å². The molecule has 1 rings (SSSR count). The topological polar surface area (TPSA) is 15.3 Å². The summed E-state index contributed by atoms with van der Waals surface area (Å²) < 4.78 is 51.6. The molecule has 3 atom stereocenters. The Hall–Kier alpha value is -0.360. The lowest BCUT2D eigenvalue weighted by atomic mass is 9.92. The highest BCUT2D eigenvalue weighted by Gasteiger charge is 2.45. The highest BCUT2D eigenvalue weighted by molar-refractivity contribution is 4.92. The smallest absolute Gasteiger partial charge is 0.311 e. The monoisotopic (exact) mass is 298 g/mol. The van der Waals surface area contributed by atoms with Gasteiger partial charge in [-0.3, -0.25) is 4.90 Å². The van der Waals surface area contributed by atoms with E-state index in [0.29, 0.717) is 19.0 Å². The number of nitrogens with zero attached hydrogens (tertiary/aromatic N) is 1. The van der Waals surface area contributed by atoms with Crippen molar-refractivity contribution in [2.24, 2.45) is 11.8 Å². The summed E-state index contributed by atoms with van der Waals surface area (Å²) in [7, 11) is 0. The molecule has 6 heteroatoms.